The average Bonchev–Trinajstić information content (AvgIpc) is 2.52. The SMILES string of the molecule is COc1ccccc1OCC(=O)n1ccccc1=NC(C)C. The van der Waals surface area contributed by atoms with Crippen LogP contribution in [0.1, 0.15) is 18.6 Å². The van der Waals surface area contributed by atoms with E-state index in [-0.39, 0.29) is 18.6 Å². The summed E-state index contributed by atoms with van der Waals surface area (Å²) in [6.07, 6.45) is 1.69. The van der Waals surface area contributed by atoms with Crippen molar-refractivity contribution in [1.29, 1.82) is 0 Å². The first-order valence-electron chi connectivity index (χ1n) is 7.12. The van der Waals surface area contributed by atoms with Crippen molar-refractivity contribution in [3.63, 3.8) is 0 Å². The third-order valence-electron chi connectivity index (χ3n) is 2.92. The predicted octanol–water partition coefficient (Wildman–Crippen LogP) is 2.53. The normalized spacial score (nSPS) is 11.5. The molecule has 0 aliphatic carbocycles. The molecule has 5 nitrogen and oxygen atoms in total. The Labute approximate surface area is 129 Å². The standard InChI is InChI=1S/C17H20N2O3/c1-13(2)18-16-10-6-7-11-19(16)17(20)12-22-15-9-5-4-8-14(15)21-3/h4-11,13H,12H2,1-3H3. The van der Waals surface area contributed by atoms with E-state index in [1.54, 1.807) is 37.6 Å². The molecule has 0 bridgehead atoms. The molecule has 5 heteroatoms. The molecule has 0 radical (unpaired) electrons. The van der Waals surface area contributed by atoms with E-state index in [4.69, 9.17) is 9.47 Å². The Morgan fingerprint density at radius 3 is 2.50 bits per heavy atom. The van der Waals surface area contributed by atoms with Crippen molar-refractivity contribution in [3.05, 3.63) is 54.1 Å². The number of benzene rings is 1. The number of nitrogens with zero attached hydrogens (tertiary/aromatic N) is 2. The van der Waals surface area contributed by atoms with Crippen LogP contribution in [-0.4, -0.2) is 30.2 Å². The number of hydrogen-bond donors (Lipinski definition) is 0. The van der Waals surface area contributed by atoms with Crippen molar-refractivity contribution in [2.45, 2.75) is 19.9 Å². The molecule has 116 valence electrons. The number of methoxy groups -OCH3 is 1. The zero-order valence-corrected chi connectivity index (χ0v) is 13.0. The van der Waals surface area contributed by atoms with E-state index in [1.807, 2.05) is 32.0 Å². The number of carbonyl (C=O) groups excluding carboxylic acids is 1. The number of ether oxygens (including phenoxy) is 2. The molecular formula is C17H20N2O3. The molecule has 0 N–H and O–H groups in total. The fourth-order valence-electron chi connectivity index (χ4n) is 1.96. The monoisotopic (exact) mass is 300 g/mol. The Morgan fingerprint density at radius 1 is 1.14 bits per heavy atom. The van der Waals surface area contributed by atoms with Gasteiger partial charge in [0.25, 0.3) is 5.91 Å². The quantitative estimate of drug-likeness (QED) is 0.852. The van der Waals surface area contributed by atoms with Gasteiger partial charge in [0.1, 0.15) is 5.49 Å². The highest BCUT2D eigenvalue weighted by Crippen LogP contribution is 2.25. The second-order valence-electron chi connectivity index (χ2n) is 4.98. The molecule has 1 aromatic carbocycles. The summed E-state index contributed by atoms with van der Waals surface area (Å²) < 4.78 is 12.3. The molecule has 0 aliphatic rings. The molecule has 0 atom stereocenters. The lowest BCUT2D eigenvalue weighted by atomic mass is 10.3. The minimum absolute atomic E-state index is 0.0876. The first-order valence-corrected chi connectivity index (χ1v) is 7.12. The molecule has 22 heavy (non-hydrogen) atoms. The highest BCUT2D eigenvalue weighted by atomic mass is 16.5. The molecule has 0 saturated heterocycles. The van der Waals surface area contributed by atoms with Gasteiger partial charge in [-0.05, 0) is 38.1 Å². The van der Waals surface area contributed by atoms with E-state index in [1.165, 1.54) is 4.57 Å². The van der Waals surface area contributed by atoms with Gasteiger partial charge in [0.2, 0.25) is 0 Å². The highest BCUT2D eigenvalue weighted by molar-refractivity contribution is 5.80. The summed E-state index contributed by atoms with van der Waals surface area (Å²) in [5.74, 6) is 0.948. The van der Waals surface area contributed by atoms with Crippen LogP contribution in [0, 0.1) is 0 Å². The Kier molecular flexibility index (Phi) is 5.36. The topological polar surface area (TPSA) is 52.8 Å². The molecule has 0 aliphatic heterocycles. The number of aromatic nitrogens is 1. The van der Waals surface area contributed by atoms with E-state index in [0.29, 0.717) is 17.0 Å². The molecule has 0 saturated carbocycles. The van der Waals surface area contributed by atoms with Crippen LogP contribution in [0.25, 0.3) is 0 Å². The lowest BCUT2D eigenvalue weighted by Crippen LogP contribution is -2.31. The van der Waals surface area contributed by atoms with Crippen LogP contribution < -0.4 is 15.0 Å². The summed E-state index contributed by atoms with van der Waals surface area (Å²) >= 11 is 0. The summed E-state index contributed by atoms with van der Waals surface area (Å²) in [4.78, 5) is 16.8. The van der Waals surface area contributed by atoms with Gasteiger partial charge in [0.05, 0.1) is 7.11 Å². The zero-order valence-electron chi connectivity index (χ0n) is 13.0. The second-order valence-corrected chi connectivity index (χ2v) is 4.98. The second kappa shape index (κ2) is 7.45. The summed E-state index contributed by atoms with van der Waals surface area (Å²) in [7, 11) is 1.57. The lowest BCUT2D eigenvalue weighted by molar-refractivity contribution is 0.0829. The third kappa shape index (κ3) is 3.97. The maximum absolute atomic E-state index is 12.4. The van der Waals surface area contributed by atoms with Crippen LogP contribution in [0.2, 0.25) is 0 Å². The van der Waals surface area contributed by atoms with Crippen LogP contribution in [0.5, 0.6) is 11.5 Å². The number of hydrogen-bond acceptors (Lipinski definition) is 4. The maximum Gasteiger partial charge on any atom is 0.270 e. The minimum Gasteiger partial charge on any atom is -0.493 e. The van der Waals surface area contributed by atoms with Gasteiger partial charge in [-0.2, -0.15) is 0 Å². The summed E-state index contributed by atoms with van der Waals surface area (Å²) in [5.41, 5.74) is 0.617. The molecule has 0 spiro atoms. The van der Waals surface area contributed by atoms with Crippen LogP contribution >= 0.6 is 0 Å². The molecule has 0 fully saturated rings. The van der Waals surface area contributed by atoms with Crippen molar-refractivity contribution in [2.24, 2.45) is 4.99 Å². The Morgan fingerprint density at radius 2 is 1.82 bits per heavy atom. The van der Waals surface area contributed by atoms with E-state index >= 15 is 0 Å². The van der Waals surface area contributed by atoms with Gasteiger partial charge in [-0.1, -0.05) is 18.2 Å². The maximum atomic E-state index is 12.4. The number of rotatable bonds is 5. The van der Waals surface area contributed by atoms with Crippen LogP contribution in [-0.2, 0) is 0 Å². The molecule has 2 aromatic rings. The lowest BCUT2D eigenvalue weighted by Gasteiger charge is -2.11. The largest absolute Gasteiger partial charge is 0.493 e. The van der Waals surface area contributed by atoms with E-state index in [0.717, 1.165) is 0 Å². The molecule has 0 amide bonds. The third-order valence-corrected chi connectivity index (χ3v) is 2.92. The van der Waals surface area contributed by atoms with E-state index in [2.05, 4.69) is 4.99 Å². The summed E-state index contributed by atoms with van der Waals surface area (Å²) in [6.45, 7) is 3.84. The van der Waals surface area contributed by atoms with Crippen LogP contribution in [0.4, 0.5) is 0 Å². The van der Waals surface area contributed by atoms with Gasteiger partial charge < -0.3 is 9.47 Å². The van der Waals surface area contributed by atoms with Gasteiger partial charge in [0.15, 0.2) is 18.1 Å². The van der Waals surface area contributed by atoms with Gasteiger partial charge in [-0.25, -0.2) is 0 Å². The fraction of sp³-hybridized carbons (Fsp3) is 0.294. The van der Waals surface area contributed by atoms with Crippen molar-refractivity contribution in [3.8, 4) is 11.5 Å². The van der Waals surface area contributed by atoms with Gasteiger partial charge in [-0.3, -0.25) is 14.4 Å². The molecule has 0 unspecified atom stereocenters. The first kappa shape index (κ1) is 15.8. The van der Waals surface area contributed by atoms with Crippen molar-refractivity contribution < 1.29 is 14.3 Å². The van der Waals surface area contributed by atoms with Crippen LogP contribution in [0.3, 0.4) is 0 Å². The molecule has 1 aromatic heterocycles. The van der Waals surface area contributed by atoms with Gasteiger partial charge >= 0.3 is 0 Å². The van der Waals surface area contributed by atoms with Gasteiger partial charge in [-0.15, -0.1) is 0 Å². The van der Waals surface area contributed by atoms with E-state index < -0.39 is 0 Å². The number of carbonyl (C=O) groups is 1. The number of para-hydroxylation sites is 2. The minimum atomic E-state index is -0.189. The Hall–Kier alpha value is -2.56. The van der Waals surface area contributed by atoms with Gasteiger partial charge in [0, 0.05) is 12.2 Å². The Bertz CT molecular complexity index is 705. The molecular weight excluding hydrogens is 280 g/mol. The predicted molar refractivity (Wildman–Crippen MR) is 84.2 cm³/mol. The fourth-order valence-corrected chi connectivity index (χ4v) is 1.96. The van der Waals surface area contributed by atoms with Crippen molar-refractivity contribution >= 4 is 5.91 Å². The van der Waals surface area contributed by atoms with Crippen molar-refractivity contribution in [1.82, 2.24) is 4.57 Å². The average molecular weight is 300 g/mol. The first-order chi connectivity index (χ1) is 10.6. The number of pyridine rings is 1. The summed E-state index contributed by atoms with van der Waals surface area (Å²) in [5, 5.41) is 0. The smallest absolute Gasteiger partial charge is 0.270 e. The van der Waals surface area contributed by atoms with E-state index in [9.17, 15) is 4.79 Å². The Balaban J connectivity index is 2.17. The molecule has 2 rings (SSSR count). The van der Waals surface area contributed by atoms with Crippen LogP contribution in [0.15, 0.2) is 53.7 Å². The highest BCUT2D eigenvalue weighted by Gasteiger charge is 2.09. The molecule has 1 heterocycles. The van der Waals surface area contributed by atoms with Crippen molar-refractivity contribution in [2.75, 3.05) is 13.7 Å². The summed E-state index contributed by atoms with van der Waals surface area (Å²) in [6, 6.07) is 12.8. The zero-order chi connectivity index (χ0) is 15.9.